The van der Waals surface area contributed by atoms with Crippen LogP contribution in [0.3, 0.4) is 0 Å². The number of hydrogen-bond donors (Lipinski definition) is 2. The van der Waals surface area contributed by atoms with E-state index in [-0.39, 0.29) is 12.5 Å². The summed E-state index contributed by atoms with van der Waals surface area (Å²) in [5, 5.41) is 17.5. The highest BCUT2D eigenvalue weighted by atomic mass is 16.5. The molecule has 1 atom stereocenters. The van der Waals surface area contributed by atoms with E-state index in [1.807, 2.05) is 18.2 Å². The fourth-order valence-electron chi connectivity index (χ4n) is 3.29. The van der Waals surface area contributed by atoms with Crippen molar-refractivity contribution in [3.05, 3.63) is 53.9 Å². The number of amides is 1. The number of aliphatic hydroxyl groups is 1. The van der Waals surface area contributed by atoms with Crippen LogP contribution in [0.15, 0.2) is 47.1 Å². The molecule has 2 N–H and O–H groups in total. The average molecular weight is 343 g/mol. The van der Waals surface area contributed by atoms with Crippen molar-refractivity contribution in [2.24, 2.45) is 0 Å². The van der Waals surface area contributed by atoms with E-state index in [2.05, 4.69) is 22.6 Å². The summed E-state index contributed by atoms with van der Waals surface area (Å²) in [5.74, 6) is 0.517. The Kier molecular flexibility index (Phi) is 5.83. The monoisotopic (exact) mass is 343 g/mol. The summed E-state index contributed by atoms with van der Waals surface area (Å²) in [6.07, 6.45) is 4.72. The number of nitrogens with one attached hydrogen (secondary N) is 1. The average Bonchev–Trinajstić information content (AvgIpc) is 3.13. The first-order valence-corrected chi connectivity index (χ1v) is 8.83. The highest BCUT2D eigenvalue weighted by Gasteiger charge is 2.41. The van der Waals surface area contributed by atoms with Gasteiger partial charge in [0.05, 0.1) is 12.7 Å². The summed E-state index contributed by atoms with van der Waals surface area (Å²) < 4.78 is 5.01. The van der Waals surface area contributed by atoms with Gasteiger partial charge in [-0.2, -0.15) is 0 Å². The third-order valence-electron chi connectivity index (χ3n) is 4.65. The molecule has 1 aliphatic rings. The van der Waals surface area contributed by atoms with Crippen LogP contribution in [0.1, 0.15) is 30.6 Å². The molecule has 25 heavy (non-hydrogen) atoms. The Bertz CT molecular complexity index is 660. The Hall–Kier alpha value is -2.18. The van der Waals surface area contributed by atoms with Crippen molar-refractivity contribution in [2.45, 2.75) is 37.8 Å². The Morgan fingerprint density at radius 2 is 2.12 bits per heavy atom. The number of carbonyl (C=O) groups is 1. The zero-order chi connectivity index (χ0) is 17.5. The summed E-state index contributed by atoms with van der Waals surface area (Å²) in [5.41, 5.74) is -0.0543. The summed E-state index contributed by atoms with van der Waals surface area (Å²) in [7, 11) is 0. The van der Waals surface area contributed by atoms with E-state index < -0.39 is 5.60 Å². The van der Waals surface area contributed by atoms with Gasteiger partial charge < -0.3 is 19.8 Å². The Morgan fingerprint density at radius 3 is 2.88 bits per heavy atom. The van der Waals surface area contributed by atoms with Crippen LogP contribution in [0.25, 0.3) is 0 Å². The minimum Gasteiger partial charge on any atom is -0.379 e. The maximum Gasteiger partial charge on any atom is 0.255 e. The number of benzene rings is 1. The number of rotatable bonds is 8. The predicted octanol–water partition coefficient (Wildman–Crippen LogP) is 1.75. The van der Waals surface area contributed by atoms with Crippen LogP contribution in [0.2, 0.25) is 0 Å². The van der Waals surface area contributed by atoms with E-state index in [9.17, 15) is 9.90 Å². The molecule has 1 amide bonds. The van der Waals surface area contributed by atoms with Gasteiger partial charge in [-0.05, 0) is 31.2 Å². The van der Waals surface area contributed by atoms with Gasteiger partial charge in [0.15, 0.2) is 5.60 Å². The highest BCUT2D eigenvalue weighted by molar-refractivity contribution is 5.86. The normalized spacial score (nSPS) is 20.8. The lowest BCUT2D eigenvalue weighted by Crippen LogP contribution is -2.58. The number of aromatic nitrogens is 1. The van der Waals surface area contributed by atoms with Crippen molar-refractivity contribution in [2.75, 3.05) is 19.6 Å². The molecule has 1 aromatic carbocycles. The Balaban J connectivity index is 1.47. The second kappa shape index (κ2) is 8.27. The molecule has 6 nitrogen and oxygen atoms in total. The minimum absolute atomic E-state index is 0.170. The third-order valence-corrected chi connectivity index (χ3v) is 4.65. The first-order valence-electron chi connectivity index (χ1n) is 8.83. The number of likely N-dealkylation sites (tertiary alicyclic amines) is 1. The van der Waals surface area contributed by atoms with Gasteiger partial charge in [0, 0.05) is 25.7 Å². The lowest BCUT2D eigenvalue weighted by molar-refractivity contribution is -0.156. The van der Waals surface area contributed by atoms with E-state index in [4.69, 9.17) is 4.52 Å². The first kappa shape index (κ1) is 17.6. The van der Waals surface area contributed by atoms with Crippen LogP contribution in [0.5, 0.6) is 0 Å². The van der Waals surface area contributed by atoms with Crippen molar-refractivity contribution < 1.29 is 14.4 Å². The van der Waals surface area contributed by atoms with Gasteiger partial charge in [-0.3, -0.25) is 4.79 Å². The van der Waals surface area contributed by atoms with Crippen LogP contribution in [0.4, 0.5) is 0 Å². The van der Waals surface area contributed by atoms with Crippen LogP contribution in [-0.2, 0) is 17.8 Å². The first-order chi connectivity index (χ1) is 12.2. The molecule has 0 radical (unpaired) electrons. The van der Waals surface area contributed by atoms with Gasteiger partial charge in [0.2, 0.25) is 0 Å². The van der Waals surface area contributed by atoms with Crippen LogP contribution in [-0.4, -0.2) is 46.3 Å². The SMILES string of the molecule is O=C1N(CCCc2ccccc2)CCC[C@@]1(O)CNCc1ccno1. The molecular weight excluding hydrogens is 318 g/mol. The molecule has 0 unspecified atom stereocenters. The van der Waals surface area contributed by atoms with Gasteiger partial charge in [-0.25, -0.2) is 0 Å². The Morgan fingerprint density at radius 1 is 1.28 bits per heavy atom. The molecule has 1 saturated heterocycles. The molecule has 6 heteroatoms. The molecule has 1 aliphatic heterocycles. The number of nitrogens with zero attached hydrogens (tertiary/aromatic N) is 2. The Labute approximate surface area is 147 Å². The maximum absolute atomic E-state index is 12.7. The number of carbonyl (C=O) groups excluding carboxylic acids is 1. The van der Waals surface area contributed by atoms with Crippen LogP contribution >= 0.6 is 0 Å². The molecule has 2 aromatic rings. The maximum atomic E-state index is 12.7. The minimum atomic E-state index is -1.33. The van der Waals surface area contributed by atoms with Crippen molar-refractivity contribution >= 4 is 5.91 Å². The fourth-order valence-corrected chi connectivity index (χ4v) is 3.29. The van der Waals surface area contributed by atoms with Gasteiger partial charge in [0.1, 0.15) is 5.76 Å². The zero-order valence-electron chi connectivity index (χ0n) is 14.4. The van der Waals surface area contributed by atoms with Crippen LogP contribution in [0, 0.1) is 0 Å². The summed E-state index contributed by atoms with van der Waals surface area (Å²) >= 11 is 0. The molecule has 0 saturated carbocycles. The van der Waals surface area contributed by atoms with E-state index in [0.717, 1.165) is 25.8 Å². The molecule has 134 valence electrons. The molecule has 1 fully saturated rings. The van der Waals surface area contributed by atoms with E-state index >= 15 is 0 Å². The fraction of sp³-hybridized carbons (Fsp3) is 0.474. The molecule has 1 aromatic heterocycles. The lowest BCUT2D eigenvalue weighted by atomic mass is 9.91. The van der Waals surface area contributed by atoms with Gasteiger partial charge >= 0.3 is 0 Å². The quantitative estimate of drug-likeness (QED) is 0.763. The number of piperidine rings is 1. The van der Waals surface area contributed by atoms with Gasteiger partial charge in [0.25, 0.3) is 5.91 Å². The second-order valence-electron chi connectivity index (χ2n) is 6.60. The zero-order valence-corrected chi connectivity index (χ0v) is 14.4. The van der Waals surface area contributed by atoms with E-state index in [1.165, 1.54) is 5.56 Å². The smallest absolute Gasteiger partial charge is 0.255 e. The molecule has 0 aliphatic carbocycles. The number of hydrogen-bond acceptors (Lipinski definition) is 5. The molecule has 2 heterocycles. The molecule has 3 rings (SSSR count). The van der Waals surface area contributed by atoms with Crippen molar-refractivity contribution in [3.8, 4) is 0 Å². The lowest BCUT2D eigenvalue weighted by Gasteiger charge is -2.38. The van der Waals surface area contributed by atoms with Crippen molar-refractivity contribution in [1.82, 2.24) is 15.4 Å². The largest absolute Gasteiger partial charge is 0.379 e. The van der Waals surface area contributed by atoms with Gasteiger partial charge in [-0.15, -0.1) is 0 Å². The number of aryl methyl sites for hydroxylation is 1. The predicted molar refractivity (Wildman–Crippen MR) is 93.7 cm³/mol. The molecule has 0 spiro atoms. The highest BCUT2D eigenvalue weighted by Crippen LogP contribution is 2.22. The van der Waals surface area contributed by atoms with Gasteiger partial charge in [-0.1, -0.05) is 35.5 Å². The van der Waals surface area contributed by atoms with Crippen molar-refractivity contribution in [1.29, 1.82) is 0 Å². The van der Waals surface area contributed by atoms with Crippen LogP contribution < -0.4 is 5.32 Å². The van der Waals surface area contributed by atoms with E-state index in [1.54, 1.807) is 17.2 Å². The molecular formula is C19H25N3O3. The topological polar surface area (TPSA) is 78.6 Å². The second-order valence-corrected chi connectivity index (χ2v) is 6.60. The standard InChI is InChI=1S/C19H25N3O3/c23-18-19(24,15-20-14-17-9-11-21-25-17)10-5-13-22(18)12-4-8-16-6-2-1-3-7-16/h1-3,6-7,9,11,20,24H,4-5,8,10,12-15H2/t19-/m1/s1. The molecule has 0 bridgehead atoms. The summed E-state index contributed by atoms with van der Waals surface area (Å²) in [6, 6.07) is 12.0. The summed E-state index contributed by atoms with van der Waals surface area (Å²) in [6.45, 7) is 2.07. The van der Waals surface area contributed by atoms with E-state index in [0.29, 0.717) is 25.3 Å². The summed E-state index contributed by atoms with van der Waals surface area (Å²) in [4.78, 5) is 14.5. The van der Waals surface area contributed by atoms with Crippen molar-refractivity contribution in [3.63, 3.8) is 0 Å². The third kappa shape index (κ3) is 4.67.